The minimum absolute atomic E-state index is 0.0801. The van der Waals surface area contributed by atoms with Crippen molar-refractivity contribution in [3.8, 4) is 0 Å². The molecule has 174 valence electrons. The molecule has 0 heterocycles. The highest BCUT2D eigenvalue weighted by atomic mass is 16.6. The molecular weight excluding hydrogens is 380 g/mol. The van der Waals surface area contributed by atoms with Crippen LogP contribution in [0.3, 0.4) is 0 Å². The predicted molar refractivity (Wildman–Crippen MR) is 122 cm³/mol. The zero-order valence-corrected chi connectivity index (χ0v) is 19.3. The maximum Gasteiger partial charge on any atom is 0.306 e. The number of carbonyl (C=O) groups excluding carboxylic acids is 2. The van der Waals surface area contributed by atoms with Gasteiger partial charge in [-0.3, -0.25) is 9.59 Å². The van der Waals surface area contributed by atoms with E-state index in [1.807, 2.05) is 6.92 Å². The number of carbonyl (C=O) groups is 2. The average molecular weight is 425 g/mol. The van der Waals surface area contributed by atoms with E-state index in [0.717, 1.165) is 32.1 Å². The fraction of sp³-hybridized carbons (Fsp3) is 0.760. The summed E-state index contributed by atoms with van der Waals surface area (Å²) >= 11 is 0. The van der Waals surface area contributed by atoms with Crippen LogP contribution in [-0.4, -0.2) is 36.4 Å². The quantitative estimate of drug-likeness (QED) is 0.146. The Hall–Kier alpha value is -1.62. The molecule has 1 N–H and O–H groups in total. The van der Waals surface area contributed by atoms with Gasteiger partial charge >= 0.3 is 11.9 Å². The average Bonchev–Trinajstić information content (AvgIpc) is 2.74. The largest absolute Gasteiger partial charge is 0.462 e. The highest BCUT2D eigenvalue weighted by molar-refractivity contribution is 5.70. The van der Waals surface area contributed by atoms with Gasteiger partial charge in [0.25, 0.3) is 0 Å². The van der Waals surface area contributed by atoms with E-state index in [1.165, 1.54) is 38.5 Å². The molecule has 5 heteroatoms. The van der Waals surface area contributed by atoms with Gasteiger partial charge in [0.05, 0.1) is 6.61 Å². The lowest BCUT2D eigenvalue weighted by atomic mass is 10.1. The first-order valence-corrected chi connectivity index (χ1v) is 11.9. The molecule has 0 amide bonds. The lowest BCUT2D eigenvalue weighted by molar-refractivity contribution is -0.161. The first kappa shape index (κ1) is 28.4. The summed E-state index contributed by atoms with van der Waals surface area (Å²) in [6.45, 7) is 3.69. The predicted octanol–water partition coefficient (Wildman–Crippen LogP) is 6.05. The second-order valence-corrected chi connectivity index (χ2v) is 7.71. The number of rotatable bonds is 20. The third kappa shape index (κ3) is 19.7. The van der Waals surface area contributed by atoms with Crippen LogP contribution < -0.4 is 0 Å². The number of aliphatic hydroxyl groups is 1. The number of hydrogen-bond acceptors (Lipinski definition) is 5. The van der Waals surface area contributed by atoms with E-state index < -0.39 is 6.10 Å². The maximum absolute atomic E-state index is 11.8. The Balaban J connectivity index is 3.57. The molecular formula is C25H44O5. The summed E-state index contributed by atoms with van der Waals surface area (Å²) in [5, 5.41) is 9.24. The van der Waals surface area contributed by atoms with Gasteiger partial charge in [0.1, 0.15) is 6.61 Å². The van der Waals surface area contributed by atoms with E-state index in [2.05, 4.69) is 31.2 Å². The summed E-state index contributed by atoms with van der Waals surface area (Å²) in [7, 11) is 0. The molecule has 0 rings (SSSR count). The molecule has 0 aliphatic heterocycles. The molecule has 0 fully saturated rings. The van der Waals surface area contributed by atoms with Gasteiger partial charge in [-0.2, -0.15) is 0 Å². The Morgan fingerprint density at radius 1 is 0.767 bits per heavy atom. The summed E-state index contributed by atoms with van der Waals surface area (Å²) in [5.74, 6) is -0.674. The van der Waals surface area contributed by atoms with Gasteiger partial charge in [-0.1, -0.05) is 70.3 Å². The first-order valence-electron chi connectivity index (χ1n) is 11.9. The van der Waals surface area contributed by atoms with Crippen LogP contribution in [0.5, 0.6) is 0 Å². The zero-order chi connectivity index (χ0) is 22.3. The van der Waals surface area contributed by atoms with Crippen LogP contribution in [0.2, 0.25) is 0 Å². The fourth-order valence-electron chi connectivity index (χ4n) is 2.91. The van der Waals surface area contributed by atoms with E-state index >= 15 is 0 Å². The number of hydrogen-bond donors (Lipinski definition) is 1. The summed E-state index contributed by atoms with van der Waals surface area (Å²) in [6, 6.07) is 0. The fourth-order valence-corrected chi connectivity index (χ4v) is 2.91. The SMILES string of the molecule is CCCCC/C=C\C/C=C\CCCCCCCC(=O)OC(CO)COC(=O)CCC. The Morgan fingerprint density at radius 2 is 1.40 bits per heavy atom. The molecule has 30 heavy (non-hydrogen) atoms. The van der Waals surface area contributed by atoms with E-state index in [9.17, 15) is 14.7 Å². The first-order chi connectivity index (χ1) is 14.6. The number of unbranched alkanes of at least 4 members (excludes halogenated alkanes) is 8. The molecule has 0 aromatic rings. The van der Waals surface area contributed by atoms with Gasteiger partial charge < -0.3 is 14.6 Å². The van der Waals surface area contributed by atoms with Crippen molar-refractivity contribution in [1.82, 2.24) is 0 Å². The van der Waals surface area contributed by atoms with Crippen molar-refractivity contribution in [2.45, 2.75) is 110 Å². The Kier molecular flexibility index (Phi) is 20.9. The molecule has 0 aliphatic carbocycles. The van der Waals surface area contributed by atoms with Crippen LogP contribution in [0.15, 0.2) is 24.3 Å². The molecule has 1 unspecified atom stereocenters. The smallest absolute Gasteiger partial charge is 0.306 e. The normalized spacial score (nSPS) is 12.5. The molecule has 1 atom stereocenters. The Labute approximate surface area is 183 Å². The molecule has 0 saturated carbocycles. The van der Waals surface area contributed by atoms with Crippen molar-refractivity contribution in [3.63, 3.8) is 0 Å². The van der Waals surface area contributed by atoms with E-state index in [0.29, 0.717) is 19.3 Å². The lowest BCUT2D eigenvalue weighted by Gasteiger charge is -2.15. The molecule has 0 aromatic carbocycles. The van der Waals surface area contributed by atoms with E-state index in [-0.39, 0.29) is 25.2 Å². The Morgan fingerprint density at radius 3 is 2.03 bits per heavy atom. The topological polar surface area (TPSA) is 72.8 Å². The van der Waals surface area contributed by atoms with Crippen LogP contribution in [0, 0.1) is 0 Å². The Bertz CT molecular complexity index is 470. The van der Waals surface area contributed by atoms with Gasteiger partial charge in [-0.15, -0.1) is 0 Å². The van der Waals surface area contributed by atoms with Crippen molar-refractivity contribution in [2.75, 3.05) is 13.2 Å². The van der Waals surface area contributed by atoms with Crippen LogP contribution >= 0.6 is 0 Å². The summed E-state index contributed by atoms with van der Waals surface area (Å²) in [6.07, 6.45) is 22.1. The number of ether oxygens (including phenoxy) is 2. The van der Waals surface area contributed by atoms with Crippen molar-refractivity contribution in [3.05, 3.63) is 24.3 Å². The van der Waals surface area contributed by atoms with Crippen LogP contribution in [0.1, 0.15) is 104 Å². The molecule has 0 radical (unpaired) electrons. The summed E-state index contributed by atoms with van der Waals surface area (Å²) in [5.41, 5.74) is 0. The lowest BCUT2D eigenvalue weighted by Crippen LogP contribution is -2.28. The highest BCUT2D eigenvalue weighted by Gasteiger charge is 2.15. The monoisotopic (exact) mass is 424 g/mol. The van der Waals surface area contributed by atoms with Gasteiger partial charge in [0, 0.05) is 12.8 Å². The molecule has 5 nitrogen and oxygen atoms in total. The second kappa shape index (κ2) is 22.1. The van der Waals surface area contributed by atoms with Crippen molar-refractivity contribution >= 4 is 11.9 Å². The second-order valence-electron chi connectivity index (χ2n) is 7.71. The molecule has 0 bridgehead atoms. The number of aliphatic hydroxyl groups excluding tert-OH is 1. The molecule has 0 aliphatic rings. The van der Waals surface area contributed by atoms with Crippen molar-refractivity contribution in [2.24, 2.45) is 0 Å². The van der Waals surface area contributed by atoms with Crippen LogP contribution in [0.4, 0.5) is 0 Å². The highest BCUT2D eigenvalue weighted by Crippen LogP contribution is 2.09. The summed E-state index contributed by atoms with van der Waals surface area (Å²) < 4.78 is 10.1. The standard InChI is InChI=1S/C25H44O5/c1-3-5-6-7-8-9-10-11-12-13-14-15-16-17-18-20-25(28)30-23(21-26)22-29-24(27)19-4-2/h8-9,11-12,23,26H,3-7,10,13-22H2,1-2H3/b9-8-,12-11-. The molecule has 0 aromatic heterocycles. The van der Waals surface area contributed by atoms with E-state index in [4.69, 9.17) is 9.47 Å². The van der Waals surface area contributed by atoms with Crippen LogP contribution in [0.25, 0.3) is 0 Å². The molecule has 0 spiro atoms. The van der Waals surface area contributed by atoms with E-state index in [1.54, 1.807) is 0 Å². The van der Waals surface area contributed by atoms with Crippen molar-refractivity contribution < 1.29 is 24.2 Å². The minimum atomic E-state index is -0.767. The van der Waals surface area contributed by atoms with Gasteiger partial charge in [-0.05, 0) is 44.9 Å². The number of allylic oxidation sites excluding steroid dienone is 4. The van der Waals surface area contributed by atoms with Crippen LogP contribution in [-0.2, 0) is 19.1 Å². The third-order valence-electron chi connectivity index (χ3n) is 4.72. The van der Waals surface area contributed by atoms with Gasteiger partial charge in [0.15, 0.2) is 6.10 Å². The zero-order valence-electron chi connectivity index (χ0n) is 19.3. The number of esters is 2. The minimum Gasteiger partial charge on any atom is -0.462 e. The van der Waals surface area contributed by atoms with Crippen molar-refractivity contribution in [1.29, 1.82) is 0 Å². The summed E-state index contributed by atoms with van der Waals surface area (Å²) in [4.78, 5) is 23.2. The maximum atomic E-state index is 11.8. The van der Waals surface area contributed by atoms with Gasteiger partial charge in [-0.25, -0.2) is 0 Å². The van der Waals surface area contributed by atoms with Gasteiger partial charge in [0.2, 0.25) is 0 Å². The molecule has 0 saturated heterocycles. The third-order valence-corrected chi connectivity index (χ3v) is 4.72.